The van der Waals surface area contributed by atoms with Gasteiger partial charge in [0.05, 0.1) is 16.7 Å². The van der Waals surface area contributed by atoms with E-state index >= 15 is 0 Å². The summed E-state index contributed by atoms with van der Waals surface area (Å²) in [7, 11) is 0. The lowest BCUT2D eigenvalue weighted by molar-refractivity contribution is 0.629. The Morgan fingerprint density at radius 3 is 3.08 bits per heavy atom. The Morgan fingerprint density at radius 1 is 1.58 bits per heavy atom. The first-order chi connectivity index (χ1) is 5.70. The summed E-state index contributed by atoms with van der Waals surface area (Å²) in [4.78, 5) is 0. The Morgan fingerprint density at radius 2 is 2.33 bits per heavy atom. The molecule has 0 saturated heterocycles. The third-order valence-corrected chi connectivity index (χ3v) is 3.39. The van der Waals surface area contributed by atoms with Crippen LogP contribution in [-0.2, 0) is 0 Å². The number of benzene rings is 1. The number of aromatic nitrogens is 2. The second-order valence-electron chi connectivity index (χ2n) is 2.32. The fourth-order valence-corrected chi connectivity index (χ4v) is 1.84. The average molecular weight is 296 g/mol. The molecular weight excluding hydrogens is 293 g/mol. The minimum Gasteiger partial charge on any atom is -0.278 e. The van der Waals surface area contributed by atoms with E-state index in [0.717, 1.165) is 5.39 Å². The number of nitrogens with one attached hydrogen (secondary N) is 1. The number of fused-ring (bicyclic) bond motifs is 1. The monoisotopic (exact) mass is 296 g/mol. The average Bonchev–Trinajstić information content (AvgIpc) is 2.48. The van der Waals surface area contributed by atoms with Crippen LogP contribution in [0.3, 0.4) is 0 Å². The standard InChI is InChI=1S/C7H3ClFIN2/c8-6-4(9)1-5-3(7(6)10)2-11-12-5/h1-2H,(H,11,12). The Labute approximate surface area is 86.2 Å². The van der Waals surface area contributed by atoms with E-state index in [1.165, 1.54) is 6.07 Å². The molecule has 1 aromatic heterocycles. The zero-order chi connectivity index (χ0) is 8.72. The van der Waals surface area contributed by atoms with Gasteiger partial charge in [0.1, 0.15) is 5.82 Å². The quantitative estimate of drug-likeness (QED) is 0.587. The molecule has 0 saturated carbocycles. The maximum atomic E-state index is 13.0. The number of nitrogens with zero attached hydrogens (tertiary/aromatic N) is 1. The normalized spacial score (nSPS) is 10.9. The number of rotatable bonds is 0. The van der Waals surface area contributed by atoms with Crippen LogP contribution in [0.5, 0.6) is 0 Å². The minimum atomic E-state index is -0.419. The minimum absolute atomic E-state index is 0.157. The van der Waals surface area contributed by atoms with Gasteiger partial charge in [0.15, 0.2) is 0 Å². The number of aromatic amines is 1. The molecule has 2 nitrogen and oxygen atoms in total. The van der Waals surface area contributed by atoms with Crippen molar-refractivity contribution in [3.63, 3.8) is 0 Å². The topological polar surface area (TPSA) is 28.7 Å². The molecule has 0 bridgehead atoms. The van der Waals surface area contributed by atoms with E-state index in [9.17, 15) is 4.39 Å². The van der Waals surface area contributed by atoms with Gasteiger partial charge in [0, 0.05) is 15.0 Å². The number of hydrogen-bond acceptors (Lipinski definition) is 1. The van der Waals surface area contributed by atoms with Crippen LogP contribution in [0.1, 0.15) is 0 Å². The van der Waals surface area contributed by atoms with Crippen LogP contribution in [0.25, 0.3) is 10.9 Å². The molecule has 0 spiro atoms. The van der Waals surface area contributed by atoms with Crippen LogP contribution < -0.4 is 0 Å². The first-order valence-electron chi connectivity index (χ1n) is 3.16. The predicted octanol–water partition coefficient (Wildman–Crippen LogP) is 2.96. The summed E-state index contributed by atoms with van der Waals surface area (Å²) in [6, 6.07) is 1.34. The molecule has 2 aromatic rings. The van der Waals surface area contributed by atoms with Gasteiger partial charge in [-0.05, 0) is 22.6 Å². The highest BCUT2D eigenvalue weighted by Gasteiger charge is 2.09. The van der Waals surface area contributed by atoms with Gasteiger partial charge < -0.3 is 0 Å². The van der Waals surface area contributed by atoms with Gasteiger partial charge in [0.25, 0.3) is 0 Å². The maximum absolute atomic E-state index is 13.0. The van der Waals surface area contributed by atoms with Crippen molar-refractivity contribution in [2.45, 2.75) is 0 Å². The van der Waals surface area contributed by atoms with Crippen molar-refractivity contribution in [3.05, 3.63) is 26.7 Å². The molecule has 0 amide bonds. The van der Waals surface area contributed by atoms with Crippen molar-refractivity contribution in [2.75, 3.05) is 0 Å². The molecule has 0 aliphatic rings. The third kappa shape index (κ3) is 1.09. The van der Waals surface area contributed by atoms with Gasteiger partial charge in [-0.15, -0.1) is 0 Å². The number of hydrogen-bond donors (Lipinski definition) is 1. The summed E-state index contributed by atoms with van der Waals surface area (Å²) < 4.78 is 13.7. The molecule has 0 atom stereocenters. The third-order valence-electron chi connectivity index (χ3n) is 1.58. The number of halogens is 3. The van der Waals surface area contributed by atoms with Gasteiger partial charge in [0.2, 0.25) is 0 Å². The Hall–Kier alpha value is -0.360. The Bertz CT molecular complexity index is 440. The molecule has 0 aliphatic heterocycles. The van der Waals surface area contributed by atoms with Gasteiger partial charge in [-0.1, -0.05) is 11.6 Å². The summed E-state index contributed by atoms with van der Waals surface area (Å²) in [5.41, 5.74) is 0.668. The van der Waals surface area contributed by atoms with Crippen molar-refractivity contribution in [3.8, 4) is 0 Å². The van der Waals surface area contributed by atoms with Crippen molar-refractivity contribution in [1.29, 1.82) is 0 Å². The molecule has 1 N–H and O–H groups in total. The molecule has 5 heteroatoms. The molecule has 0 unspecified atom stereocenters. The lowest BCUT2D eigenvalue weighted by atomic mass is 10.2. The highest BCUT2D eigenvalue weighted by Crippen LogP contribution is 2.28. The van der Waals surface area contributed by atoms with E-state index in [2.05, 4.69) is 10.2 Å². The summed E-state index contributed by atoms with van der Waals surface area (Å²) in [6.07, 6.45) is 1.63. The summed E-state index contributed by atoms with van der Waals surface area (Å²) in [5, 5.41) is 7.47. The highest BCUT2D eigenvalue weighted by molar-refractivity contribution is 14.1. The summed E-state index contributed by atoms with van der Waals surface area (Å²) >= 11 is 7.68. The lowest BCUT2D eigenvalue weighted by Crippen LogP contribution is -1.82. The molecule has 0 radical (unpaired) electrons. The van der Waals surface area contributed by atoms with E-state index in [1.54, 1.807) is 6.20 Å². The van der Waals surface area contributed by atoms with Crippen molar-refractivity contribution in [2.24, 2.45) is 0 Å². The van der Waals surface area contributed by atoms with E-state index in [4.69, 9.17) is 11.6 Å². The molecule has 2 rings (SSSR count). The second-order valence-corrected chi connectivity index (χ2v) is 3.77. The van der Waals surface area contributed by atoms with Crippen molar-refractivity contribution >= 4 is 45.1 Å². The first kappa shape index (κ1) is 8.25. The van der Waals surface area contributed by atoms with Gasteiger partial charge in [-0.3, -0.25) is 5.10 Å². The summed E-state index contributed by atoms with van der Waals surface area (Å²) in [6.45, 7) is 0. The van der Waals surface area contributed by atoms with E-state index in [1.807, 2.05) is 22.6 Å². The van der Waals surface area contributed by atoms with E-state index < -0.39 is 5.82 Å². The maximum Gasteiger partial charge on any atom is 0.145 e. The predicted molar refractivity (Wildman–Crippen MR) is 53.8 cm³/mol. The zero-order valence-corrected chi connectivity index (χ0v) is 8.65. The van der Waals surface area contributed by atoms with Crippen LogP contribution in [-0.4, -0.2) is 10.2 Å². The molecule has 12 heavy (non-hydrogen) atoms. The zero-order valence-electron chi connectivity index (χ0n) is 5.74. The Kier molecular flexibility index (Phi) is 1.96. The SMILES string of the molecule is Fc1cc2[nH]ncc2c(I)c1Cl. The number of H-pyrrole nitrogens is 1. The molecule has 0 aliphatic carbocycles. The van der Waals surface area contributed by atoms with Crippen LogP contribution in [0.15, 0.2) is 12.3 Å². The molecule has 1 heterocycles. The lowest BCUT2D eigenvalue weighted by Gasteiger charge is -1.97. The van der Waals surface area contributed by atoms with Gasteiger partial charge in [-0.25, -0.2) is 4.39 Å². The van der Waals surface area contributed by atoms with Crippen LogP contribution in [0.4, 0.5) is 4.39 Å². The van der Waals surface area contributed by atoms with Crippen LogP contribution >= 0.6 is 34.2 Å². The molecule has 1 aromatic carbocycles. The van der Waals surface area contributed by atoms with Crippen LogP contribution in [0, 0.1) is 9.39 Å². The van der Waals surface area contributed by atoms with Crippen molar-refractivity contribution < 1.29 is 4.39 Å². The molecular formula is C7H3ClFIN2. The van der Waals surface area contributed by atoms with Crippen molar-refractivity contribution in [1.82, 2.24) is 10.2 Å². The molecule has 0 fully saturated rings. The smallest absolute Gasteiger partial charge is 0.145 e. The largest absolute Gasteiger partial charge is 0.278 e. The summed E-state index contributed by atoms with van der Waals surface area (Å²) in [5.74, 6) is -0.419. The van der Waals surface area contributed by atoms with Gasteiger partial charge in [-0.2, -0.15) is 5.10 Å². The van der Waals surface area contributed by atoms with Crippen LogP contribution in [0.2, 0.25) is 5.02 Å². The van der Waals surface area contributed by atoms with E-state index in [-0.39, 0.29) is 5.02 Å². The van der Waals surface area contributed by atoms with Gasteiger partial charge >= 0.3 is 0 Å². The van der Waals surface area contributed by atoms with E-state index in [0.29, 0.717) is 9.09 Å². The second kappa shape index (κ2) is 2.85. The first-order valence-corrected chi connectivity index (χ1v) is 4.62. The fourth-order valence-electron chi connectivity index (χ4n) is 0.994. The highest BCUT2D eigenvalue weighted by atomic mass is 127. The molecule has 62 valence electrons. The Balaban J connectivity index is 2.94. The fraction of sp³-hybridized carbons (Fsp3) is 0.